The molecule has 0 saturated carbocycles. The van der Waals surface area contributed by atoms with Crippen molar-refractivity contribution in [2.75, 3.05) is 7.11 Å². The van der Waals surface area contributed by atoms with Crippen LogP contribution in [-0.2, 0) is 0 Å². The number of aromatic nitrogens is 1. The maximum atomic E-state index is 7.00. The second-order valence-electron chi connectivity index (χ2n) is 1.92. The Labute approximate surface area is 61.5 Å². The van der Waals surface area contributed by atoms with Crippen LogP contribution in [0, 0.1) is 13.8 Å². The van der Waals surface area contributed by atoms with E-state index in [-0.39, 0.29) is 0 Å². The number of aliphatic hydroxyl groups excluding tert-OH is 1. The van der Waals surface area contributed by atoms with Gasteiger partial charge in [-0.25, -0.2) is 0 Å². The van der Waals surface area contributed by atoms with Gasteiger partial charge in [0.15, 0.2) is 0 Å². The zero-order valence-corrected chi connectivity index (χ0v) is 6.63. The van der Waals surface area contributed by atoms with E-state index in [4.69, 9.17) is 5.11 Å². The molecule has 0 radical (unpaired) electrons. The molecule has 0 fully saturated rings. The van der Waals surface area contributed by atoms with Gasteiger partial charge in [0.1, 0.15) is 0 Å². The number of pyridine rings is 1. The number of nitrogens with zero attached hydrogens (tertiary/aromatic N) is 1. The minimum absolute atomic E-state index is 1.00. The van der Waals surface area contributed by atoms with Crippen molar-refractivity contribution >= 4 is 0 Å². The molecule has 0 atom stereocenters. The molecule has 10 heavy (non-hydrogen) atoms. The molecule has 1 aromatic rings. The molecule has 0 aliphatic heterocycles. The summed E-state index contributed by atoms with van der Waals surface area (Å²) in [7, 11) is 1.00. The van der Waals surface area contributed by atoms with Crippen LogP contribution >= 0.6 is 0 Å². The Bertz CT molecular complexity index is 169. The van der Waals surface area contributed by atoms with E-state index < -0.39 is 0 Å². The van der Waals surface area contributed by atoms with Gasteiger partial charge in [0, 0.05) is 18.5 Å². The number of aryl methyl sites for hydroxylation is 2. The van der Waals surface area contributed by atoms with Gasteiger partial charge >= 0.3 is 0 Å². The maximum absolute atomic E-state index is 7.00. The van der Waals surface area contributed by atoms with Gasteiger partial charge in [0.2, 0.25) is 0 Å². The van der Waals surface area contributed by atoms with Gasteiger partial charge in [-0.15, -0.1) is 0 Å². The van der Waals surface area contributed by atoms with Gasteiger partial charge in [-0.05, 0) is 26.0 Å². The summed E-state index contributed by atoms with van der Waals surface area (Å²) >= 11 is 0. The van der Waals surface area contributed by atoms with Crippen LogP contribution in [0.2, 0.25) is 0 Å². The SMILES string of the molecule is CO.Cc1cccc(C)n1. The summed E-state index contributed by atoms with van der Waals surface area (Å²) in [5.74, 6) is 0. The summed E-state index contributed by atoms with van der Waals surface area (Å²) in [5, 5.41) is 7.00. The largest absolute Gasteiger partial charge is 0.400 e. The van der Waals surface area contributed by atoms with Crippen LogP contribution < -0.4 is 0 Å². The third-order valence-electron chi connectivity index (χ3n) is 1.03. The van der Waals surface area contributed by atoms with Crippen LogP contribution in [0.5, 0.6) is 0 Å². The summed E-state index contributed by atoms with van der Waals surface area (Å²) in [6.07, 6.45) is 0. The van der Waals surface area contributed by atoms with Crippen molar-refractivity contribution < 1.29 is 5.11 Å². The van der Waals surface area contributed by atoms with E-state index in [0.29, 0.717) is 0 Å². The standard InChI is InChI=1S/C7H9N.CH4O/c1-6-4-3-5-7(2)8-6;1-2/h3-5H,1-2H3;2H,1H3. The first-order valence-electron chi connectivity index (χ1n) is 3.14. The van der Waals surface area contributed by atoms with Crippen LogP contribution in [0.25, 0.3) is 0 Å². The topological polar surface area (TPSA) is 33.1 Å². The van der Waals surface area contributed by atoms with Crippen LogP contribution in [0.15, 0.2) is 18.2 Å². The monoisotopic (exact) mass is 139 g/mol. The first-order chi connectivity index (χ1) is 4.79. The second-order valence-corrected chi connectivity index (χ2v) is 1.92. The highest BCUT2D eigenvalue weighted by atomic mass is 16.2. The number of rotatable bonds is 0. The Hall–Kier alpha value is -0.890. The fourth-order valence-electron chi connectivity index (χ4n) is 0.679. The highest BCUT2D eigenvalue weighted by Gasteiger charge is 1.82. The smallest absolute Gasteiger partial charge is 0.0375 e. The predicted molar refractivity (Wildman–Crippen MR) is 41.9 cm³/mol. The molecule has 0 spiro atoms. The van der Waals surface area contributed by atoms with Gasteiger partial charge in [-0.1, -0.05) is 6.07 Å². The first kappa shape index (κ1) is 9.11. The van der Waals surface area contributed by atoms with Crippen molar-refractivity contribution in [1.29, 1.82) is 0 Å². The lowest BCUT2D eigenvalue weighted by Crippen LogP contribution is -1.81. The highest BCUT2D eigenvalue weighted by Crippen LogP contribution is 1.93. The predicted octanol–water partition coefficient (Wildman–Crippen LogP) is 1.31. The highest BCUT2D eigenvalue weighted by molar-refractivity contribution is 5.07. The number of hydrogen-bond acceptors (Lipinski definition) is 2. The van der Waals surface area contributed by atoms with Gasteiger partial charge in [-0.2, -0.15) is 0 Å². The lowest BCUT2D eigenvalue weighted by molar-refractivity contribution is 0.399. The van der Waals surface area contributed by atoms with E-state index in [1.54, 1.807) is 0 Å². The molecular weight excluding hydrogens is 126 g/mol. The number of aliphatic hydroxyl groups is 1. The lowest BCUT2D eigenvalue weighted by Gasteiger charge is -1.90. The lowest BCUT2D eigenvalue weighted by atomic mass is 10.3. The molecule has 2 heteroatoms. The van der Waals surface area contributed by atoms with Crippen LogP contribution in [0.4, 0.5) is 0 Å². The molecule has 0 aliphatic rings. The minimum Gasteiger partial charge on any atom is -0.400 e. The fourth-order valence-corrected chi connectivity index (χ4v) is 0.679. The average molecular weight is 139 g/mol. The van der Waals surface area contributed by atoms with Crippen molar-refractivity contribution in [3.05, 3.63) is 29.6 Å². The molecule has 0 amide bonds. The normalized spacial score (nSPS) is 8.00. The molecule has 2 nitrogen and oxygen atoms in total. The zero-order chi connectivity index (χ0) is 7.98. The summed E-state index contributed by atoms with van der Waals surface area (Å²) < 4.78 is 0. The van der Waals surface area contributed by atoms with Crippen molar-refractivity contribution in [2.24, 2.45) is 0 Å². The Balaban J connectivity index is 0.000000371. The average Bonchev–Trinajstić information content (AvgIpc) is 1.91. The molecule has 0 unspecified atom stereocenters. The van der Waals surface area contributed by atoms with Crippen molar-refractivity contribution in [3.63, 3.8) is 0 Å². The molecule has 0 aromatic carbocycles. The first-order valence-corrected chi connectivity index (χ1v) is 3.14. The summed E-state index contributed by atoms with van der Waals surface area (Å²) in [5.41, 5.74) is 2.18. The molecule has 56 valence electrons. The minimum atomic E-state index is 1.00. The van der Waals surface area contributed by atoms with E-state index >= 15 is 0 Å². The van der Waals surface area contributed by atoms with Crippen molar-refractivity contribution in [1.82, 2.24) is 4.98 Å². The van der Waals surface area contributed by atoms with Crippen LogP contribution in [0.1, 0.15) is 11.4 Å². The van der Waals surface area contributed by atoms with E-state index in [1.165, 1.54) is 0 Å². The van der Waals surface area contributed by atoms with E-state index in [9.17, 15) is 0 Å². The molecule has 0 aliphatic carbocycles. The molecule has 1 heterocycles. The fraction of sp³-hybridized carbons (Fsp3) is 0.375. The molecule has 1 aromatic heterocycles. The van der Waals surface area contributed by atoms with Crippen molar-refractivity contribution in [3.8, 4) is 0 Å². The van der Waals surface area contributed by atoms with Gasteiger partial charge < -0.3 is 5.11 Å². The van der Waals surface area contributed by atoms with E-state index in [2.05, 4.69) is 4.98 Å². The van der Waals surface area contributed by atoms with Crippen molar-refractivity contribution in [2.45, 2.75) is 13.8 Å². The van der Waals surface area contributed by atoms with E-state index in [0.717, 1.165) is 18.5 Å². The van der Waals surface area contributed by atoms with Gasteiger partial charge in [0.25, 0.3) is 0 Å². The zero-order valence-electron chi connectivity index (χ0n) is 6.63. The van der Waals surface area contributed by atoms with Gasteiger partial charge in [-0.3, -0.25) is 4.98 Å². The third-order valence-corrected chi connectivity index (χ3v) is 1.03. The van der Waals surface area contributed by atoms with Gasteiger partial charge in [0.05, 0.1) is 0 Å². The Morgan fingerprint density at radius 2 is 1.50 bits per heavy atom. The van der Waals surface area contributed by atoms with Crippen LogP contribution in [0.3, 0.4) is 0 Å². The summed E-state index contributed by atoms with van der Waals surface area (Å²) in [4.78, 5) is 4.17. The third kappa shape index (κ3) is 3.20. The Morgan fingerprint density at radius 1 is 1.10 bits per heavy atom. The molecule has 1 N–H and O–H groups in total. The Kier molecular flexibility index (Phi) is 4.50. The molecule has 1 rings (SSSR count). The summed E-state index contributed by atoms with van der Waals surface area (Å²) in [6, 6.07) is 6.00. The number of hydrogen-bond donors (Lipinski definition) is 1. The molecular formula is C8H13NO. The van der Waals surface area contributed by atoms with E-state index in [1.807, 2.05) is 32.0 Å². The second kappa shape index (κ2) is 4.94. The quantitative estimate of drug-likeness (QED) is 0.587. The molecule has 0 saturated heterocycles. The maximum Gasteiger partial charge on any atom is 0.0375 e. The Morgan fingerprint density at radius 3 is 1.70 bits per heavy atom. The molecule has 0 bridgehead atoms. The van der Waals surface area contributed by atoms with Crippen LogP contribution in [-0.4, -0.2) is 17.2 Å². The summed E-state index contributed by atoms with van der Waals surface area (Å²) in [6.45, 7) is 3.99.